The predicted molar refractivity (Wildman–Crippen MR) is 227 cm³/mol. The lowest BCUT2D eigenvalue weighted by Crippen LogP contribution is -1.98. The molecule has 0 amide bonds. The summed E-state index contributed by atoms with van der Waals surface area (Å²) in [6.07, 6.45) is 3.70. The van der Waals surface area contributed by atoms with E-state index < -0.39 is 0 Å². The van der Waals surface area contributed by atoms with Crippen molar-refractivity contribution >= 4 is 33.3 Å². The van der Waals surface area contributed by atoms with Gasteiger partial charge in [0, 0.05) is 44.4 Å². The van der Waals surface area contributed by atoms with Gasteiger partial charge in [-0.1, -0.05) is 164 Å². The molecular formula is C50H36N4O. The van der Waals surface area contributed by atoms with Crippen LogP contribution in [0.1, 0.15) is 11.1 Å². The van der Waals surface area contributed by atoms with Crippen molar-refractivity contribution in [3.05, 3.63) is 205 Å². The van der Waals surface area contributed by atoms with Crippen molar-refractivity contribution in [2.24, 2.45) is 11.5 Å². The molecule has 5 nitrogen and oxygen atoms in total. The summed E-state index contributed by atoms with van der Waals surface area (Å²) in [5, 5.41) is 2.15. The summed E-state index contributed by atoms with van der Waals surface area (Å²) in [5.74, 6) is 0.688. The molecule has 0 saturated carbocycles. The SMILES string of the molecule is N/C(=C\C=C(/N)c1ccc(-c2c(-c3ccc(-c4cc(-c5ccccc5)nc(-c5ccccc5)n4)cc3)ccc3c2oc2ccccc23)cc1)c1ccccc1. The number of para-hydroxylation sites is 1. The fourth-order valence-electron chi connectivity index (χ4n) is 7.04. The van der Waals surface area contributed by atoms with Crippen LogP contribution in [0.4, 0.5) is 0 Å². The molecule has 5 heteroatoms. The van der Waals surface area contributed by atoms with Crippen LogP contribution in [0.2, 0.25) is 0 Å². The second-order valence-electron chi connectivity index (χ2n) is 13.4. The highest BCUT2D eigenvalue weighted by Gasteiger charge is 2.18. The third-order valence-corrected chi connectivity index (χ3v) is 9.92. The molecule has 2 aromatic heterocycles. The smallest absolute Gasteiger partial charge is 0.160 e. The van der Waals surface area contributed by atoms with Crippen molar-refractivity contribution in [3.8, 4) is 56.2 Å². The first-order valence-electron chi connectivity index (χ1n) is 18.2. The Balaban J connectivity index is 1.11. The molecule has 0 bridgehead atoms. The molecule has 0 spiro atoms. The summed E-state index contributed by atoms with van der Waals surface area (Å²) in [6.45, 7) is 0. The van der Waals surface area contributed by atoms with Crippen molar-refractivity contribution in [3.63, 3.8) is 0 Å². The van der Waals surface area contributed by atoms with Gasteiger partial charge >= 0.3 is 0 Å². The van der Waals surface area contributed by atoms with Crippen molar-refractivity contribution < 1.29 is 4.42 Å². The molecular weight excluding hydrogens is 673 g/mol. The molecule has 0 aliphatic rings. The van der Waals surface area contributed by atoms with Crippen molar-refractivity contribution in [2.45, 2.75) is 0 Å². The van der Waals surface area contributed by atoms with Crippen LogP contribution in [0.3, 0.4) is 0 Å². The Morgan fingerprint density at radius 2 is 0.945 bits per heavy atom. The molecule has 0 unspecified atom stereocenters. The van der Waals surface area contributed by atoms with Gasteiger partial charge < -0.3 is 15.9 Å². The number of nitrogens with zero attached hydrogens (tertiary/aromatic N) is 2. The minimum atomic E-state index is 0.624. The van der Waals surface area contributed by atoms with Gasteiger partial charge in [-0.25, -0.2) is 9.97 Å². The first-order chi connectivity index (χ1) is 27.1. The van der Waals surface area contributed by atoms with Crippen LogP contribution in [0.15, 0.2) is 199 Å². The minimum absolute atomic E-state index is 0.624. The number of nitrogens with two attached hydrogens (primary N) is 2. The fourth-order valence-corrected chi connectivity index (χ4v) is 7.04. The average Bonchev–Trinajstić information content (AvgIpc) is 3.65. The summed E-state index contributed by atoms with van der Waals surface area (Å²) in [6, 6.07) is 61.7. The Hall–Kier alpha value is -7.50. The van der Waals surface area contributed by atoms with E-state index >= 15 is 0 Å². The first-order valence-corrected chi connectivity index (χ1v) is 18.2. The van der Waals surface area contributed by atoms with Gasteiger partial charge in [-0.3, -0.25) is 0 Å². The molecule has 0 aliphatic carbocycles. The number of hydrogen-bond acceptors (Lipinski definition) is 5. The maximum Gasteiger partial charge on any atom is 0.160 e. The molecule has 4 N–H and O–H groups in total. The molecule has 9 rings (SSSR count). The Labute approximate surface area is 319 Å². The summed E-state index contributed by atoms with van der Waals surface area (Å²) in [7, 11) is 0. The van der Waals surface area contributed by atoms with Gasteiger partial charge in [-0.05, 0) is 58.2 Å². The summed E-state index contributed by atoms with van der Waals surface area (Å²) >= 11 is 0. The Bertz CT molecular complexity index is 2780. The van der Waals surface area contributed by atoms with E-state index in [1.54, 1.807) is 0 Å². The Morgan fingerprint density at radius 3 is 1.60 bits per heavy atom. The molecule has 0 saturated heterocycles. The van der Waals surface area contributed by atoms with Gasteiger partial charge in [-0.2, -0.15) is 0 Å². The van der Waals surface area contributed by atoms with E-state index in [0.717, 1.165) is 83.4 Å². The van der Waals surface area contributed by atoms with E-state index in [9.17, 15) is 0 Å². The van der Waals surface area contributed by atoms with Crippen LogP contribution in [-0.4, -0.2) is 9.97 Å². The predicted octanol–water partition coefficient (Wildman–Crippen LogP) is 12.0. The molecule has 55 heavy (non-hydrogen) atoms. The van der Waals surface area contributed by atoms with E-state index in [1.807, 2.05) is 121 Å². The molecule has 0 radical (unpaired) electrons. The topological polar surface area (TPSA) is 91.0 Å². The number of aromatic nitrogens is 2. The second-order valence-corrected chi connectivity index (χ2v) is 13.4. The second kappa shape index (κ2) is 14.5. The van der Waals surface area contributed by atoms with Gasteiger partial charge in [0.2, 0.25) is 0 Å². The highest BCUT2D eigenvalue weighted by atomic mass is 16.3. The lowest BCUT2D eigenvalue weighted by atomic mass is 9.91. The minimum Gasteiger partial charge on any atom is -0.455 e. The Kier molecular flexibility index (Phi) is 8.79. The van der Waals surface area contributed by atoms with Gasteiger partial charge in [0.05, 0.1) is 11.4 Å². The summed E-state index contributed by atoms with van der Waals surface area (Å²) < 4.78 is 6.61. The van der Waals surface area contributed by atoms with E-state index in [2.05, 4.69) is 72.8 Å². The van der Waals surface area contributed by atoms with E-state index in [1.165, 1.54) is 0 Å². The lowest BCUT2D eigenvalue weighted by molar-refractivity contribution is 0.670. The fraction of sp³-hybridized carbons (Fsp3) is 0. The van der Waals surface area contributed by atoms with Crippen molar-refractivity contribution in [1.29, 1.82) is 0 Å². The number of furan rings is 1. The maximum atomic E-state index is 6.61. The van der Waals surface area contributed by atoms with Crippen LogP contribution in [0.25, 0.3) is 89.5 Å². The molecule has 2 heterocycles. The maximum absolute atomic E-state index is 6.61. The monoisotopic (exact) mass is 708 g/mol. The zero-order valence-corrected chi connectivity index (χ0v) is 29.9. The Morgan fingerprint density at radius 1 is 0.436 bits per heavy atom. The number of rotatable bonds is 8. The number of hydrogen-bond donors (Lipinski definition) is 2. The summed E-state index contributed by atoms with van der Waals surface area (Å²) in [5.41, 5.74) is 26.6. The molecule has 0 aliphatic heterocycles. The largest absolute Gasteiger partial charge is 0.455 e. The zero-order chi connectivity index (χ0) is 37.1. The number of fused-ring (bicyclic) bond motifs is 3. The average molecular weight is 709 g/mol. The van der Waals surface area contributed by atoms with Crippen LogP contribution in [0, 0.1) is 0 Å². The van der Waals surface area contributed by atoms with E-state index in [4.69, 9.17) is 25.9 Å². The standard InChI is InChI=1S/C50H36N4O/c51-43(34-12-4-1-5-13-34)30-31-44(52)35-22-26-38(27-23-35)48-40(28-29-42-41-18-10-11-19-47(41)55-49(42)48)33-20-24-37(25-21-33)46-32-45(36-14-6-2-7-15-36)53-50(54-46)39-16-8-3-9-17-39/h1-32H,51-52H2/b43-30-,44-31-. The molecule has 0 fully saturated rings. The van der Waals surface area contributed by atoms with Gasteiger partial charge in [0.25, 0.3) is 0 Å². The third-order valence-electron chi connectivity index (χ3n) is 9.92. The molecule has 262 valence electrons. The quantitative estimate of drug-likeness (QED) is 0.153. The van der Waals surface area contributed by atoms with Crippen LogP contribution in [0.5, 0.6) is 0 Å². The molecule has 0 atom stereocenters. The zero-order valence-electron chi connectivity index (χ0n) is 29.9. The van der Waals surface area contributed by atoms with Crippen LogP contribution < -0.4 is 11.5 Å². The van der Waals surface area contributed by atoms with E-state index in [-0.39, 0.29) is 0 Å². The highest BCUT2D eigenvalue weighted by molar-refractivity contribution is 6.12. The lowest BCUT2D eigenvalue weighted by Gasteiger charge is -2.13. The molecule has 9 aromatic rings. The van der Waals surface area contributed by atoms with Crippen molar-refractivity contribution in [2.75, 3.05) is 0 Å². The van der Waals surface area contributed by atoms with Crippen LogP contribution >= 0.6 is 0 Å². The normalized spacial score (nSPS) is 12.0. The molecule has 7 aromatic carbocycles. The van der Waals surface area contributed by atoms with Crippen LogP contribution in [-0.2, 0) is 0 Å². The first kappa shape index (κ1) is 33.3. The van der Waals surface area contributed by atoms with Crippen molar-refractivity contribution in [1.82, 2.24) is 9.97 Å². The third kappa shape index (κ3) is 6.67. The van der Waals surface area contributed by atoms with Gasteiger partial charge in [0.1, 0.15) is 11.2 Å². The van der Waals surface area contributed by atoms with E-state index in [0.29, 0.717) is 17.2 Å². The highest BCUT2D eigenvalue weighted by Crippen LogP contribution is 2.42. The summed E-state index contributed by atoms with van der Waals surface area (Å²) in [4.78, 5) is 10.0. The number of allylic oxidation sites excluding steroid dienone is 2. The number of benzene rings is 7. The van der Waals surface area contributed by atoms with Gasteiger partial charge in [0.15, 0.2) is 5.82 Å². The van der Waals surface area contributed by atoms with Gasteiger partial charge in [-0.15, -0.1) is 0 Å².